The summed E-state index contributed by atoms with van der Waals surface area (Å²) in [6, 6.07) is 18.4. The number of anilines is 1. The summed E-state index contributed by atoms with van der Waals surface area (Å²) in [6.07, 6.45) is 0.630. The normalized spacial score (nSPS) is 24.8. The molecule has 22 heavy (non-hydrogen) atoms. The number of benzene rings is 2. The number of rotatable bonds is 3. The van der Waals surface area contributed by atoms with E-state index >= 15 is 0 Å². The molecule has 1 saturated heterocycles. The lowest BCUT2D eigenvalue weighted by Gasteiger charge is -2.33. The number of hydrogen-bond donors (Lipinski definition) is 1. The van der Waals surface area contributed by atoms with E-state index in [2.05, 4.69) is 6.58 Å². The predicted octanol–water partition coefficient (Wildman–Crippen LogP) is 3.26. The van der Waals surface area contributed by atoms with E-state index in [1.165, 1.54) is 0 Å². The maximum atomic E-state index is 12.7. The van der Waals surface area contributed by atoms with Gasteiger partial charge < -0.3 is 10.0 Å². The summed E-state index contributed by atoms with van der Waals surface area (Å²) in [4.78, 5) is 14.4. The summed E-state index contributed by atoms with van der Waals surface area (Å²) in [5, 5.41) is 11.3. The van der Waals surface area contributed by atoms with Crippen LogP contribution >= 0.6 is 0 Å². The molecule has 2 aromatic carbocycles. The highest BCUT2D eigenvalue weighted by molar-refractivity contribution is 6.10. The monoisotopic (exact) mass is 293 g/mol. The van der Waals surface area contributed by atoms with Crippen molar-refractivity contribution in [1.29, 1.82) is 0 Å². The van der Waals surface area contributed by atoms with Gasteiger partial charge in [0.25, 0.3) is 5.91 Å². The third-order valence-corrected chi connectivity index (χ3v) is 4.37. The van der Waals surface area contributed by atoms with Crippen LogP contribution in [0.25, 0.3) is 0 Å². The van der Waals surface area contributed by atoms with Gasteiger partial charge in [-0.05, 0) is 24.1 Å². The topological polar surface area (TPSA) is 40.5 Å². The Bertz CT molecular complexity index is 696. The molecule has 3 rings (SSSR count). The highest BCUT2D eigenvalue weighted by Gasteiger charge is 2.54. The van der Waals surface area contributed by atoms with Crippen molar-refractivity contribution in [3.8, 4) is 0 Å². The van der Waals surface area contributed by atoms with E-state index < -0.39 is 5.60 Å². The summed E-state index contributed by atoms with van der Waals surface area (Å²) in [5.74, 6) is -0.218. The average Bonchev–Trinajstić information content (AvgIpc) is 2.78. The second-order valence-corrected chi connectivity index (χ2v) is 5.55. The molecular formula is C19H19NO2. The Morgan fingerprint density at radius 3 is 2.18 bits per heavy atom. The van der Waals surface area contributed by atoms with E-state index in [-0.39, 0.29) is 17.5 Å². The lowest BCUT2D eigenvalue weighted by Crippen LogP contribution is -2.43. The number of amides is 1. The van der Waals surface area contributed by atoms with E-state index in [1.807, 2.05) is 67.6 Å². The molecular weight excluding hydrogens is 274 g/mol. The molecule has 0 bridgehead atoms. The van der Waals surface area contributed by atoms with Crippen LogP contribution in [0.4, 0.5) is 5.69 Å². The fraction of sp³-hybridized carbons (Fsp3) is 0.211. The molecule has 0 aliphatic carbocycles. The standard InChI is InChI=1S/C19H19NO2/c1-3-17-19(22,15-10-6-4-7-11-15)14(2)18(21)20(17)16-12-8-5-9-13-16/h4-13,17,22H,2-3H2,1H3/t17-,19+/m0/s1. The zero-order valence-electron chi connectivity index (χ0n) is 12.6. The molecule has 1 aliphatic heterocycles. The van der Waals surface area contributed by atoms with Crippen LogP contribution < -0.4 is 4.90 Å². The quantitative estimate of drug-likeness (QED) is 0.882. The van der Waals surface area contributed by atoms with E-state index in [0.717, 1.165) is 5.69 Å². The molecule has 2 aromatic rings. The molecule has 3 heteroatoms. The zero-order valence-corrected chi connectivity index (χ0v) is 12.6. The number of hydrogen-bond acceptors (Lipinski definition) is 2. The van der Waals surface area contributed by atoms with Crippen molar-refractivity contribution in [3.05, 3.63) is 78.4 Å². The Morgan fingerprint density at radius 1 is 1.09 bits per heavy atom. The Morgan fingerprint density at radius 2 is 1.64 bits per heavy atom. The minimum Gasteiger partial charge on any atom is -0.378 e. The third-order valence-electron chi connectivity index (χ3n) is 4.37. The molecule has 1 fully saturated rings. The minimum atomic E-state index is -1.36. The minimum absolute atomic E-state index is 0.218. The number of carbonyl (C=O) groups is 1. The fourth-order valence-corrected chi connectivity index (χ4v) is 3.26. The van der Waals surface area contributed by atoms with Gasteiger partial charge in [-0.3, -0.25) is 4.79 Å². The Labute approximate surface area is 130 Å². The van der Waals surface area contributed by atoms with Crippen molar-refractivity contribution < 1.29 is 9.90 Å². The summed E-state index contributed by atoms with van der Waals surface area (Å²) in [7, 11) is 0. The van der Waals surface area contributed by atoms with E-state index in [4.69, 9.17) is 0 Å². The molecule has 1 aliphatic rings. The first-order valence-electron chi connectivity index (χ1n) is 7.46. The lowest BCUT2D eigenvalue weighted by atomic mass is 9.82. The SMILES string of the molecule is C=C1C(=O)N(c2ccccc2)[C@@H](CC)[C@]1(O)c1ccccc1. The van der Waals surface area contributed by atoms with Crippen molar-refractivity contribution in [1.82, 2.24) is 0 Å². The first-order valence-corrected chi connectivity index (χ1v) is 7.46. The summed E-state index contributed by atoms with van der Waals surface area (Å²) in [5.41, 5.74) is 0.364. The van der Waals surface area contributed by atoms with Crippen molar-refractivity contribution in [2.24, 2.45) is 0 Å². The van der Waals surface area contributed by atoms with Crippen molar-refractivity contribution in [2.45, 2.75) is 25.0 Å². The molecule has 0 aromatic heterocycles. The maximum Gasteiger partial charge on any atom is 0.257 e. The van der Waals surface area contributed by atoms with Crippen LogP contribution in [0.15, 0.2) is 72.8 Å². The second-order valence-electron chi connectivity index (χ2n) is 5.55. The smallest absolute Gasteiger partial charge is 0.257 e. The van der Waals surface area contributed by atoms with Crippen molar-refractivity contribution >= 4 is 11.6 Å². The van der Waals surface area contributed by atoms with Crippen molar-refractivity contribution in [3.63, 3.8) is 0 Å². The third kappa shape index (κ3) is 1.97. The van der Waals surface area contributed by atoms with Gasteiger partial charge in [-0.25, -0.2) is 0 Å². The molecule has 1 amide bonds. The molecule has 1 heterocycles. The Balaban J connectivity index is 2.14. The summed E-state index contributed by atoms with van der Waals surface area (Å²) >= 11 is 0. The van der Waals surface area contributed by atoms with E-state index in [0.29, 0.717) is 12.0 Å². The predicted molar refractivity (Wildman–Crippen MR) is 87.5 cm³/mol. The molecule has 2 atom stereocenters. The zero-order chi connectivity index (χ0) is 15.7. The van der Waals surface area contributed by atoms with Crippen LogP contribution in [0.5, 0.6) is 0 Å². The number of nitrogens with zero attached hydrogens (tertiary/aromatic N) is 1. The lowest BCUT2D eigenvalue weighted by molar-refractivity contribution is -0.114. The summed E-state index contributed by atoms with van der Waals surface area (Å²) in [6.45, 7) is 5.87. The second kappa shape index (κ2) is 5.43. The Hall–Kier alpha value is -2.39. The van der Waals surface area contributed by atoms with E-state index in [9.17, 15) is 9.90 Å². The molecule has 1 N–H and O–H groups in total. The van der Waals surface area contributed by atoms with E-state index in [1.54, 1.807) is 4.90 Å². The number of aliphatic hydroxyl groups is 1. The first kappa shape index (κ1) is 14.5. The largest absolute Gasteiger partial charge is 0.378 e. The molecule has 0 saturated carbocycles. The van der Waals surface area contributed by atoms with Crippen LogP contribution in [-0.2, 0) is 10.4 Å². The van der Waals surface area contributed by atoms with Crippen LogP contribution in [0.3, 0.4) is 0 Å². The van der Waals surface area contributed by atoms with Gasteiger partial charge in [-0.2, -0.15) is 0 Å². The molecule has 0 spiro atoms. The molecule has 3 nitrogen and oxygen atoms in total. The van der Waals surface area contributed by atoms with Gasteiger partial charge in [0.05, 0.1) is 6.04 Å². The molecule has 0 unspecified atom stereocenters. The first-order chi connectivity index (χ1) is 10.6. The van der Waals surface area contributed by atoms with Gasteiger partial charge in [-0.1, -0.05) is 62.0 Å². The van der Waals surface area contributed by atoms with Crippen LogP contribution in [0, 0.1) is 0 Å². The number of para-hydroxylation sites is 1. The molecule has 112 valence electrons. The molecule has 0 radical (unpaired) electrons. The van der Waals surface area contributed by atoms with Gasteiger partial charge in [0, 0.05) is 11.3 Å². The van der Waals surface area contributed by atoms with Gasteiger partial charge in [-0.15, -0.1) is 0 Å². The van der Waals surface area contributed by atoms with Gasteiger partial charge in [0.15, 0.2) is 0 Å². The fourth-order valence-electron chi connectivity index (χ4n) is 3.26. The summed E-state index contributed by atoms with van der Waals surface area (Å²) < 4.78 is 0. The highest BCUT2D eigenvalue weighted by Crippen LogP contribution is 2.44. The van der Waals surface area contributed by atoms with Crippen LogP contribution in [0.1, 0.15) is 18.9 Å². The Kier molecular flexibility index (Phi) is 3.59. The highest BCUT2D eigenvalue weighted by atomic mass is 16.3. The van der Waals surface area contributed by atoms with Gasteiger partial charge in [0.1, 0.15) is 5.60 Å². The van der Waals surface area contributed by atoms with Gasteiger partial charge in [0.2, 0.25) is 0 Å². The van der Waals surface area contributed by atoms with Gasteiger partial charge >= 0.3 is 0 Å². The van der Waals surface area contributed by atoms with Crippen LogP contribution in [-0.4, -0.2) is 17.1 Å². The maximum absolute atomic E-state index is 12.7. The number of carbonyl (C=O) groups excluding carboxylic acids is 1. The average molecular weight is 293 g/mol. The van der Waals surface area contributed by atoms with Crippen molar-refractivity contribution in [2.75, 3.05) is 4.90 Å². The van der Waals surface area contributed by atoms with Crippen LogP contribution in [0.2, 0.25) is 0 Å².